The molecule has 4 heteroatoms. The predicted octanol–water partition coefficient (Wildman–Crippen LogP) is 0.280. The zero-order chi connectivity index (χ0) is 9.68. The minimum absolute atomic E-state index is 0.625. The van der Waals surface area contributed by atoms with E-state index in [-0.39, 0.29) is 0 Å². The summed E-state index contributed by atoms with van der Waals surface area (Å²) in [5.41, 5.74) is 6.36. The third-order valence-corrected chi connectivity index (χ3v) is 1.77. The van der Waals surface area contributed by atoms with Crippen LogP contribution in [0.2, 0.25) is 0 Å². The van der Waals surface area contributed by atoms with E-state index >= 15 is 0 Å². The molecule has 0 aliphatic heterocycles. The van der Waals surface area contributed by atoms with Crippen molar-refractivity contribution in [2.24, 2.45) is 5.73 Å². The van der Waals surface area contributed by atoms with Gasteiger partial charge < -0.3 is 15.1 Å². The molecule has 0 amide bonds. The average Bonchev–Trinajstić information content (AvgIpc) is 2.50. The Morgan fingerprint density at radius 3 is 2.85 bits per heavy atom. The van der Waals surface area contributed by atoms with Crippen LogP contribution in [0.3, 0.4) is 0 Å². The summed E-state index contributed by atoms with van der Waals surface area (Å²) in [7, 11) is 4.06. The molecule has 0 spiro atoms. The molecule has 0 bridgehead atoms. The molecule has 0 aliphatic rings. The predicted molar refractivity (Wildman–Crippen MR) is 51.5 cm³/mol. The van der Waals surface area contributed by atoms with Crippen molar-refractivity contribution in [3.05, 3.63) is 17.8 Å². The molecule has 0 radical (unpaired) electrons. The standard InChI is InChI=1S/C9H17N3O/c1-12(2)6-4-9-11-8(3-5-10)7-13-9/h7H,3-6,10H2,1-2H3. The second-order valence-corrected chi connectivity index (χ2v) is 3.32. The van der Waals surface area contributed by atoms with Crippen LogP contribution in [-0.2, 0) is 12.8 Å². The number of hydrogen-bond acceptors (Lipinski definition) is 4. The summed E-state index contributed by atoms with van der Waals surface area (Å²) in [6.45, 7) is 1.59. The molecule has 74 valence electrons. The minimum atomic E-state index is 0.625. The van der Waals surface area contributed by atoms with Gasteiger partial charge in [-0.3, -0.25) is 0 Å². The number of aromatic nitrogens is 1. The molecule has 0 atom stereocenters. The van der Waals surface area contributed by atoms with E-state index in [4.69, 9.17) is 10.2 Å². The summed E-state index contributed by atoms with van der Waals surface area (Å²) in [4.78, 5) is 6.40. The van der Waals surface area contributed by atoms with E-state index in [1.54, 1.807) is 6.26 Å². The van der Waals surface area contributed by atoms with Crippen LogP contribution in [0.1, 0.15) is 11.6 Å². The molecule has 0 aromatic carbocycles. The lowest BCUT2D eigenvalue weighted by molar-refractivity contribution is 0.384. The van der Waals surface area contributed by atoms with Gasteiger partial charge >= 0.3 is 0 Å². The SMILES string of the molecule is CN(C)CCc1nc(CCN)co1. The fourth-order valence-electron chi connectivity index (χ4n) is 1.05. The van der Waals surface area contributed by atoms with E-state index in [1.165, 1.54) is 0 Å². The smallest absolute Gasteiger partial charge is 0.195 e. The molecule has 1 aromatic rings. The number of nitrogens with zero attached hydrogens (tertiary/aromatic N) is 2. The monoisotopic (exact) mass is 183 g/mol. The van der Waals surface area contributed by atoms with Gasteiger partial charge in [-0.25, -0.2) is 4.98 Å². The van der Waals surface area contributed by atoms with E-state index in [1.807, 2.05) is 14.1 Å². The highest BCUT2D eigenvalue weighted by molar-refractivity contribution is 4.97. The molecular formula is C9H17N3O. The van der Waals surface area contributed by atoms with Crippen molar-refractivity contribution in [3.63, 3.8) is 0 Å². The molecule has 0 saturated heterocycles. The summed E-state index contributed by atoms with van der Waals surface area (Å²) in [5.74, 6) is 0.803. The molecule has 13 heavy (non-hydrogen) atoms. The van der Waals surface area contributed by atoms with E-state index < -0.39 is 0 Å². The Bertz CT molecular complexity index is 245. The average molecular weight is 183 g/mol. The van der Waals surface area contributed by atoms with Crippen LogP contribution in [0.25, 0.3) is 0 Å². The first-order chi connectivity index (χ1) is 6.22. The van der Waals surface area contributed by atoms with Crippen molar-refractivity contribution in [2.75, 3.05) is 27.2 Å². The summed E-state index contributed by atoms with van der Waals surface area (Å²) in [6, 6.07) is 0. The Kier molecular flexibility index (Phi) is 3.92. The maximum absolute atomic E-state index is 5.40. The number of hydrogen-bond donors (Lipinski definition) is 1. The van der Waals surface area contributed by atoms with Crippen molar-refractivity contribution in [3.8, 4) is 0 Å². The van der Waals surface area contributed by atoms with Crippen molar-refractivity contribution >= 4 is 0 Å². The Labute approximate surface area is 78.7 Å². The molecule has 0 saturated carbocycles. The van der Waals surface area contributed by atoms with Crippen LogP contribution < -0.4 is 5.73 Å². The van der Waals surface area contributed by atoms with E-state index in [9.17, 15) is 0 Å². The normalized spacial score (nSPS) is 11.1. The largest absolute Gasteiger partial charge is 0.449 e. The maximum atomic E-state index is 5.40. The van der Waals surface area contributed by atoms with Crippen LogP contribution in [0.4, 0.5) is 0 Å². The van der Waals surface area contributed by atoms with Crippen LogP contribution in [0.5, 0.6) is 0 Å². The van der Waals surface area contributed by atoms with Crippen LogP contribution >= 0.6 is 0 Å². The Balaban J connectivity index is 2.39. The number of nitrogens with two attached hydrogens (primary N) is 1. The molecule has 1 aromatic heterocycles. The maximum Gasteiger partial charge on any atom is 0.195 e. The fraction of sp³-hybridized carbons (Fsp3) is 0.667. The van der Waals surface area contributed by atoms with E-state index in [0.29, 0.717) is 6.54 Å². The van der Waals surface area contributed by atoms with Gasteiger partial charge in [0.15, 0.2) is 5.89 Å². The van der Waals surface area contributed by atoms with Gasteiger partial charge in [-0.1, -0.05) is 0 Å². The van der Waals surface area contributed by atoms with Crippen molar-refractivity contribution < 1.29 is 4.42 Å². The highest BCUT2D eigenvalue weighted by atomic mass is 16.3. The third-order valence-electron chi connectivity index (χ3n) is 1.77. The topological polar surface area (TPSA) is 55.3 Å². The Morgan fingerprint density at radius 2 is 2.23 bits per heavy atom. The van der Waals surface area contributed by atoms with Crippen LogP contribution in [0, 0.1) is 0 Å². The highest BCUT2D eigenvalue weighted by Crippen LogP contribution is 2.03. The third kappa shape index (κ3) is 3.57. The van der Waals surface area contributed by atoms with E-state index in [2.05, 4.69) is 9.88 Å². The first-order valence-corrected chi connectivity index (χ1v) is 4.50. The van der Waals surface area contributed by atoms with E-state index in [0.717, 1.165) is 31.0 Å². The van der Waals surface area contributed by atoms with Crippen molar-refractivity contribution in [2.45, 2.75) is 12.8 Å². The highest BCUT2D eigenvalue weighted by Gasteiger charge is 2.03. The number of rotatable bonds is 5. The lowest BCUT2D eigenvalue weighted by atomic mass is 10.3. The zero-order valence-electron chi connectivity index (χ0n) is 8.29. The van der Waals surface area contributed by atoms with Gasteiger partial charge in [-0.15, -0.1) is 0 Å². The van der Waals surface area contributed by atoms with Gasteiger partial charge in [0.1, 0.15) is 6.26 Å². The lowest BCUT2D eigenvalue weighted by Crippen LogP contribution is -2.15. The molecule has 4 nitrogen and oxygen atoms in total. The van der Waals surface area contributed by atoms with Gasteiger partial charge in [0, 0.05) is 19.4 Å². The number of likely N-dealkylation sites (N-methyl/N-ethyl adjacent to an activating group) is 1. The first-order valence-electron chi connectivity index (χ1n) is 4.50. The summed E-state index contributed by atoms with van der Waals surface area (Å²) in [6.07, 6.45) is 3.35. The molecule has 0 fully saturated rings. The number of oxazole rings is 1. The van der Waals surface area contributed by atoms with Gasteiger partial charge in [0.2, 0.25) is 0 Å². The van der Waals surface area contributed by atoms with Crippen LogP contribution in [-0.4, -0.2) is 37.1 Å². The van der Waals surface area contributed by atoms with Crippen molar-refractivity contribution in [1.29, 1.82) is 0 Å². The Morgan fingerprint density at radius 1 is 1.46 bits per heavy atom. The van der Waals surface area contributed by atoms with Gasteiger partial charge in [-0.05, 0) is 20.6 Å². The van der Waals surface area contributed by atoms with Gasteiger partial charge in [0.05, 0.1) is 5.69 Å². The molecular weight excluding hydrogens is 166 g/mol. The second kappa shape index (κ2) is 4.99. The van der Waals surface area contributed by atoms with Gasteiger partial charge in [0.25, 0.3) is 0 Å². The quantitative estimate of drug-likeness (QED) is 0.712. The Hall–Kier alpha value is -0.870. The first kappa shape index (κ1) is 10.2. The summed E-state index contributed by atoms with van der Waals surface area (Å²) >= 11 is 0. The van der Waals surface area contributed by atoms with Crippen LogP contribution in [0.15, 0.2) is 10.7 Å². The molecule has 0 aliphatic carbocycles. The summed E-state index contributed by atoms with van der Waals surface area (Å²) < 4.78 is 5.27. The molecule has 1 heterocycles. The molecule has 0 unspecified atom stereocenters. The fourth-order valence-corrected chi connectivity index (χ4v) is 1.05. The van der Waals surface area contributed by atoms with Gasteiger partial charge in [-0.2, -0.15) is 0 Å². The second-order valence-electron chi connectivity index (χ2n) is 3.32. The molecule has 1 rings (SSSR count). The zero-order valence-corrected chi connectivity index (χ0v) is 8.29. The molecule has 2 N–H and O–H groups in total. The van der Waals surface area contributed by atoms with Crippen molar-refractivity contribution in [1.82, 2.24) is 9.88 Å². The summed E-state index contributed by atoms with van der Waals surface area (Å²) in [5, 5.41) is 0. The minimum Gasteiger partial charge on any atom is -0.449 e. The lowest BCUT2D eigenvalue weighted by Gasteiger charge is -2.05.